The number of hydrogen-bond acceptors (Lipinski definition) is 21. The van der Waals surface area contributed by atoms with Gasteiger partial charge in [0.25, 0.3) is 0 Å². The summed E-state index contributed by atoms with van der Waals surface area (Å²) in [6.07, 6.45) is -28.2. The van der Waals surface area contributed by atoms with Gasteiger partial charge in [0, 0.05) is 18.1 Å². The zero-order chi connectivity index (χ0) is 43.4. The van der Waals surface area contributed by atoms with Crippen molar-refractivity contribution in [3.8, 4) is 0 Å². The number of carbonyl (C=O) groups excluding carboxylic acids is 1. The summed E-state index contributed by atoms with van der Waals surface area (Å²) in [4.78, 5) is 13.0. The lowest BCUT2D eigenvalue weighted by molar-refractivity contribution is -0.332. The van der Waals surface area contributed by atoms with Crippen molar-refractivity contribution >= 4 is 26.7 Å². The van der Waals surface area contributed by atoms with E-state index < -0.39 is 150 Å². The van der Waals surface area contributed by atoms with Gasteiger partial charge in [0.05, 0.1) is 20.1 Å². The molecule has 1 amide bonds. The predicted molar refractivity (Wildman–Crippen MR) is 160 cm³/mol. The Bertz CT molecular complexity index is 1420. The van der Waals surface area contributed by atoms with Crippen molar-refractivity contribution in [3.63, 3.8) is 0 Å². The molecule has 16 atom stereocenters. The van der Waals surface area contributed by atoms with Crippen molar-refractivity contribution in [1.29, 1.82) is 0 Å². The highest BCUT2D eigenvalue weighted by atomic mass is 32.3. The van der Waals surface area contributed by atoms with Crippen molar-refractivity contribution in [2.24, 2.45) is 22.9 Å². The molecule has 0 unspecified atom stereocenters. The van der Waals surface area contributed by atoms with Crippen LogP contribution in [0.1, 0.15) is 19.6 Å². The fraction of sp³-hybridized carbons (Fsp3) is 0.955. The van der Waals surface area contributed by atoms with Crippen molar-refractivity contribution in [1.82, 2.24) is 5.32 Å². The summed E-state index contributed by atoms with van der Waals surface area (Å²) in [5, 5.41) is 85.0. The van der Waals surface area contributed by atoms with Crippen LogP contribution in [0.4, 0.5) is 0 Å². The predicted octanol–water partition coefficient (Wildman–Crippen LogP) is -9.73. The van der Waals surface area contributed by atoms with Gasteiger partial charge in [-0.25, -0.2) is 0 Å². The fourth-order valence-corrected chi connectivity index (χ4v) is 4.86. The lowest BCUT2D eigenvalue weighted by Gasteiger charge is -2.49. The number of hydrogen-bond donors (Lipinski definition) is 17. The second kappa shape index (κ2) is 20.1. The van der Waals surface area contributed by atoms with Crippen LogP contribution in [-0.4, -0.2) is 199 Å². The van der Waals surface area contributed by atoms with Crippen molar-refractivity contribution in [2.75, 3.05) is 19.6 Å². The fourth-order valence-electron chi connectivity index (χ4n) is 4.86. The van der Waals surface area contributed by atoms with Crippen LogP contribution in [0.15, 0.2) is 0 Å². The Labute approximate surface area is 292 Å². The highest BCUT2D eigenvalue weighted by Gasteiger charge is 2.52. The maximum Gasteiger partial charge on any atom is 0.394 e. The Kier molecular flexibility index (Phi) is 15.4. The molecule has 0 bridgehead atoms. The quantitative estimate of drug-likeness (QED) is 0.0914. The van der Waals surface area contributed by atoms with E-state index in [0.29, 0.717) is 0 Å². The summed E-state index contributed by atoms with van der Waals surface area (Å²) in [6.45, 7) is -4.50. The van der Waals surface area contributed by atoms with Gasteiger partial charge in [0.2, 0.25) is 5.91 Å². The maximum absolute atomic E-state index is 13.0. The number of aliphatic hydroxyl groups excluding tert-OH is 7. The molecule has 2 saturated heterocycles. The van der Waals surface area contributed by atoms with Gasteiger partial charge in [-0.1, -0.05) is 0 Å². The average molecular weight is 787 g/mol. The van der Waals surface area contributed by atoms with Gasteiger partial charge in [-0.15, -0.1) is 0 Å². The molecule has 21 N–H and O–H groups in total. The largest absolute Gasteiger partial charge is 0.394 e. The van der Waals surface area contributed by atoms with Crippen LogP contribution in [-0.2, 0) is 44.5 Å². The molecule has 50 heavy (non-hydrogen) atoms. The molecule has 2 heterocycles. The lowest BCUT2D eigenvalue weighted by atomic mass is 9.83. The molecule has 28 heteroatoms. The average Bonchev–Trinajstić information content (AvgIpc) is 3.02. The number of ether oxygens (including phenoxy) is 4. The number of carbonyl (C=O) groups is 1. The zero-order valence-corrected chi connectivity index (χ0v) is 27.1. The second-order valence-electron chi connectivity index (χ2n) is 10.7. The summed E-state index contributed by atoms with van der Waals surface area (Å²) in [5.41, 5.74) is 22.7. The first kappa shape index (κ1) is 38.3. The van der Waals surface area contributed by atoms with Crippen LogP contribution in [0.25, 0.3) is 0 Å². The smallest absolute Gasteiger partial charge is 0.394 e. The Morgan fingerprint density at radius 2 is 1.30 bits per heavy atom. The Morgan fingerprint density at radius 1 is 0.820 bits per heavy atom. The van der Waals surface area contributed by atoms with E-state index in [-0.39, 0.29) is 6.54 Å². The van der Waals surface area contributed by atoms with E-state index in [1.54, 1.807) is 0 Å². The molecule has 2 aliphatic heterocycles. The Balaban J connectivity index is 0.00000134. The van der Waals surface area contributed by atoms with Gasteiger partial charge in [-0.2, -0.15) is 16.8 Å². The first-order valence-electron chi connectivity index (χ1n) is 16.4. The molecule has 0 aromatic carbocycles. The molecule has 0 aromatic heterocycles. The first-order chi connectivity index (χ1) is 24.6. The summed E-state index contributed by atoms with van der Waals surface area (Å²) >= 11 is 0. The number of amides is 1. The van der Waals surface area contributed by atoms with E-state index >= 15 is 0 Å². The number of aliphatic hydroxyl groups is 8. The molecule has 0 aromatic rings. The van der Waals surface area contributed by atoms with E-state index in [9.17, 15) is 45.6 Å². The van der Waals surface area contributed by atoms with E-state index in [1.807, 2.05) is 0 Å². The minimum absolute atomic E-state index is 0.316. The molecule has 1 aliphatic carbocycles. The monoisotopic (exact) mass is 786 g/mol. The van der Waals surface area contributed by atoms with Crippen molar-refractivity contribution < 1.29 is 106 Å². The highest BCUT2D eigenvalue weighted by molar-refractivity contribution is 7.80. The van der Waals surface area contributed by atoms with Crippen LogP contribution in [0, 0.1) is 0 Å². The molecule has 26 nitrogen and oxygen atoms in total. The molecule has 3 aliphatic rings. The minimum Gasteiger partial charge on any atom is -0.394 e. The highest BCUT2D eigenvalue weighted by Crippen LogP contribution is 2.32. The van der Waals surface area contributed by atoms with Gasteiger partial charge >= 0.3 is 20.8 Å². The third-order valence-electron chi connectivity index (χ3n) is 7.16. The van der Waals surface area contributed by atoms with E-state index in [0.717, 1.165) is 0 Å². The van der Waals surface area contributed by atoms with Crippen molar-refractivity contribution in [3.05, 3.63) is 0 Å². The van der Waals surface area contributed by atoms with E-state index in [4.69, 9.17) is 83.8 Å². The molecule has 0 spiro atoms. The van der Waals surface area contributed by atoms with Crippen LogP contribution in [0.5, 0.6) is 0 Å². The van der Waals surface area contributed by atoms with Crippen LogP contribution >= 0.6 is 0 Å². The molecular weight excluding hydrogens is 734 g/mol. The number of nitrogens with one attached hydrogen (secondary N) is 1. The molecule has 1 saturated carbocycles. The SMILES string of the molecule is O=S(=O)(O)O.O=S(=O)(O)O.[2H]C([2H])(N)C([2H])([2H])[C@]([2H])(O)C(=O)N[C@@H]1C[C@H](N)[C@@H](O[C@H]2O[C@H](CN)[C@@H](O)[C@H](O)[C@H]2O)[C@H](O)[C@H]1O[C@H]1O[C@H](CO)[C@@H](O)[C@H](N)[C@H]1O. The standard InChI is InChI=1S/C22H43N5O13.2H2O4S/c23-2-1-8(29)20(36)27-7-3-6(25)18(39-22-16(34)15(33)13(31)9(4-24)37-22)17(35)19(7)40-21-14(32)11(26)12(30)10(5-28)38-21;2*1-5(2,3)4/h6-19,21-22,28-35H,1-5,23-26H2,(H,27,36);2*(H2,1,2,3,4)/t6-,7+,8-,9+,10+,11-,12+,13+,14+,15-,16+,17-,18+,19-,21+,22+;;/m0../s1/i1D2,2D2,8D;;. The van der Waals surface area contributed by atoms with Gasteiger partial charge in [0.15, 0.2) is 12.6 Å². The van der Waals surface area contributed by atoms with E-state index in [1.165, 1.54) is 0 Å². The first-order valence-corrected chi connectivity index (χ1v) is 16.7. The van der Waals surface area contributed by atoms with Gasteiger partial charge in [-0.3, -0.25) is 23.0 Å². The molecule has 0 radical (unpaired) electrons. The molecular formula is C22H47N5O21S2. The Morgan fingerprint density at radius 3 is 1.78 bits per heavy atom. The Hall–Kier alpha value is -1.43. The van der Waals surface area contributed by atoms with Crippen molar-refractivity contribution in [2.45, 2.75) is 111 Å². The zero-order valence-electron chi connectivity index (χ0n) is 30.4. The molecule has 3 rings (SSSR count). The third kappa shape index (κ3) is 14.5. The maximum atomic E-state index is 13.0. The van der Waals surface area contributed by atoms with Crippen LogP contribution in [0.2, 0.25) is 0 Å². The topological polar surface area (TPSA) is 481 Å². The van der Waals surface area contributed by atoms with Crippen LogP contribution < -0.4 is 28.3 Å². The van der Waals surface area contributed by atoms with Gasteiger partial charge in [0.1, 0.15) is 67.1 Å². The van der Waals surface area contributed by atoms with E-state index in [2.05, 4.69) is 5.32 Å². The van der Waals surface area contributed by atoms with Gasteiger partial charge < -0.3 is 88.1 Å². The summed E-state index contributed by atoms with van der Waals surface area (Å²) < 4.78 is 124. The number of rotatable bonds is 10. The molecule has 298 valence electrons. The van der Waals surface area contributed by atoms with Gasteiger partial charge in [-0.05, 0) is 19.3 Å². The number of nitrogens with two attached hydrogens (primary N) is 4. The summed E-state index contributed by atoms with van der Waals surface area (Å²) in [7, 11) is -9.33. The minimum atomic E-state index is -4.67. The summed E-state index contributed by atoms with van der Waals surface area (Å²) in [6, 6.07) is -4.34. The third-order valence-corrected chi connectivity index (χ3v) is 7.16. The second-order valence-corrected chi connectivity index (χ2v) is 12.5. The normalized spacial score (nSPS) is 42.6. The van der Waals surface area contributed by atoms with Crippen LogP contribution in [0.3, 0.4) is 0 Å². The summed E-state index contributed by atoms with van der Waals surface area (Å²) in [5.74, 6) is -1.83. The molecule has 3 fully saturated rings. The lowest BCUT2D eigenvalue weighted by Crippen LogP contribution is -2.69.